The van der Waals surface area contributed by atoms with Gasteiger partial charge in [0.1, 0.15) is 0 Å². The Balaban J connectivity index is 4.97. The standard InChI is InChI=1S/C14H27F3O2Si/c1-4-7-10-20(11-8-5-2,12-9-6-3)19-13(18)14(15,16)17/h4-12H2,1-3H3. The van der Waals surface area contributed by atoms with Gasteiger partial charge in [0.2, 0.25) is 0 Å². The van der Waals surface area contributed by atoms with Crippen molar-refractivity contribution in [1.29, 1.82) is 0 Å². The lowest BCUT2D eigenvalue weighted by atomic mass is 10.4. The Morgan fingerprint density at radius 1 is 0.900 bits per heavy atom. The van der Waals surface area contributed by atoms with Crippen LogP contribution in [0, 0.1) is 0 Å². The molecule has 0 fully saturated rings. The highest BCUT2D eigenvalue weighted by atomic mass is 28.4. The number of hydrogen-bond acceptors (Lipinski definition) is 2. The van der Waals surface area contributed by atoms with Crippen molar-refractivity contribution in [3.8, 4) is 0 Å². The SMILES string of the molecule is CCCC[Si](CCCC)(CCCC)OC(=O)C(F)(F)F. The van der Waals surface area contributed by atoms with E-state index in [9.17, 15) is 18.0 Å². The molecule has 6 heteroatoms. The number of unbranched alkanes of at least 4 members (excludes halogenated alkanes) is 3. The van der Waals surface area contributed by atoms with Crippen LogP contribution in [0.4, 0.5) is 13.2 Å². The summed E-state index contributed by atoms with van der Waals surface area (Å²) in [6.45, 7) is 6.01. The lowest BCUT2D eigenvalue weighted by Crippen LogP contribution is -2.44. The van der Waals surface area contributed by atoms with Crippen molar-refractivity contribution in [2.45, 2.75) is 83.6 Å². The van der Waals surface area contributed by atoms with Crippen molar-refractivity contribution in [2.75, 3.05) is 0 Å². The third-order valence-corrected chi connectivity index (χ3v) is 7.91. The predicted octanol–water partition coefficient (Wildman–Crippen LogP) is 5.44. The Labute approximate surface area is 121 Å². The van der Waals surface area contributed by atoms with Gasteiger partial charge in [-0.25, -0.2) is 4.79 Å². The third-order valence-electron chi connectivity index (χ3n) is 3.50. The van der Waals surface area contributed by atoms with E-state index in [4.69, 9.17) is 4.43 Å². The summed E-state index contributed by atoms with van der Waals surface area (Å²) in [5, 5.41) is 0. The van der Waals surface area contributed by atoms with Crippen LogP contribution in [0.2, 0.25) is 18.1 Å². The molecule has 20 heavy (non-hydrogen) atoms. The molecule has 0 unspecified atom stereocenters. The fraction of sp³-hybridized carbons (Fsp3) is 0.929. The van der Waals surface area contributed by atoms with E-state index in [1.54, 1.807) is 0 Å². The summed E-state index contributed by atoms with van der Waals surface area (Å²) in [6, 6.07) is 1.97. The molecule has 120 valence electrons. The van der Waals surface area contributed by atoms with E-state index in [1.807, 2.05) is 20.8 Å². The summed E-state index contributed by atoms with van der Waals surface area (Å²) in [5.74, 6) is -1.98. The number of hydrogen-bond donors (Lipinski definition) is 0. The lowest BCUT2D eigenvalue weighted by Gasteiger charge is -2.31. The number of alkyl halides is 3. The van der Waals surface area contributed by atoms with E-state index in [0.717, 1.165) is 38.5 Å². The van der Waals surface area contributed by atoms with Crippen molar-refractivity contribution >= 4 is 14.3 Å². The van der Waals surface area contributed by atoms with Crippen LogP contribution in [0.5, 0.6) is 0 Å². The molecule has 0 atom stereocenters. The fourth-order valence-corrected chi connectivity index (χ4v) is 6.84. The first-order valence-corrected chi connectivity index (χ1v) is 10.1. The minimum atomic E-state index is -4.87. The minimum Gasteiger partial charge on any atom is -0.513 e. The van der Waals surface area contributed by atoms with Gasteiger partial charge in [-0.05, 0) is 18.1 Å². The molecule has 0 N–H and O–H groups in total. The third kappa shape index (κ3) is 7.31. The maximum Gasteiger partial charge on any atom is 0.489 e. The molecular formula is C14H27F3O2Si. The van der Waals surface area contributed by atoms with Crippen molar-refractivity contribution in [1.82, 2.24) is 0 Å². The largest absolute Gasteiger partial charge is 0.513 e. The molecule has 0 aromatic heterocycles. The summed E-state index contributed by atoms with van der Waals surface area (Å²) < 4.78 is 42.6. The summed E-state index contributed by atoms with van der Waals surface area (Å²) in [7, 11) is -2.60. The van der Waals surface area contributed by atoms with E-state index in [-0.39, 0.29) is 0 Å². The van der Waals surface area contributed by atoms with Crippen LogP contribution in [0.3, 0.4) is 0 Å². The van der Waals surface area contributed by atoms with Crippen LogP contribution in [0.15, 0.2) is 0 Å². The van der Waals surface area contributed by atoms with Crippen molar-refractivity contribution in [3.63, 3.8) is 0 Å². The van der Waals surface area contributed by atoms with Gasteiger partial charge in [-0.1, -0.05) is 59.3 Å². The second kappa shape index (κ2) is 9.42. The maximum absolute atomic E-state index is 12.5. The molecule has 0 saturated carbocycles. The highest BCUT2D eigenvalue weighted by Crippen LogP contribution is 2.32. The molecule has 0 amide bonds. The molecular weight excluding hydrogens is 285 g/mol. The zero-order valence-electron chi connectivity index (χ0n) is 12.8. The molecule has 0 heterocycles. The minimum absolute atomic E-state index is 0.658. The van der Waals surface area contributed by atoms with Crippen LogP contribution in [0.25, 0.3) is 0 Å². The Morgan fingerprint density at radius 2 is 1.25 bits per heavy atom. The van der Waals surface area contributed by atoms with Gasteiger partial charge in [0.05, 0.1) is 0 Å². The van der Waals surface area contributed by atoms with Crippen LogP contribution in [-0.4, -0.2) is 20.5 Å². The first kappa shape index (κ1) is 19.5. The molecule has 2 nitrogen and oxygen atoms in total. The normalized spacial score (nSPS) is 12.5. The van der Waals surface area contributed by atoms with Gasteiger partial charge in [0, 0.05) is 0 Å². The molecule has 0 aliphatic rings. The van der Waals surface area contributed by atoms with Gasteiger partial charge in [-0.2, -0.15) is 13.2 Å². The molecule has 0 saturated heterocycles. The van der Waals surface area contributed by atoms with Crippen molar-refractivity contribution < 1.29 is 22.4 Å². The van der Waals surface area contributed by atoms with E-state index < -0.39 is 20.5 Å². The van der Waals surface area contributed by atoms with Gasteiger partial charge < -0.3 is 4.43 Å². The fourth-order valence-electron chi connectivity index (χ4n) is 2.28. The van der Waals surface area contributed by atoms with E-state index in [2.05, 4.69) is 0 Å². The summed E-state index contributed by atoms with van der Waals surface area (Å²) >= 11 is 0. The number of carbonyl (C=O) groups is 1. The quantitative estimate of drug-likeness (QED) is 0.502. The number of halogens is 3. The van der Waals surface area contributed by atoms with E-state index >= 15 is 0 Å². The average molecular weight is 312 g/mol. The van der Waals surface area contributed by atoms with Gasteiger partial charge in [0.15, 0.2) is 0 Å². The van der Waals surface area contributed by atoms with Crippen molar-refractivity contribution in [3.05, 3.63) is 0 Å². The second-order valence-electron chi connectivity index (χ2n) is 5.38. The van der Waals surface area contributed by atoms with E-state index in [0.29, 0.717) is 18.1 Å². The Bertz CT molecular complexity index is 258. The second-order valence-corrected chi connectivity index (χ2v) is 9.45. The molecule has 0 rings (SSSR count). The van der Waals surface area contributed by atoms with Crippen LogP contribution < -0.4 is 0 Å². The van der Waals surface area contributed by atoms with Crippen LogP contribution in [-0.2, 0) is 9.22 Å². The zero-order valence-corrected chi connectivity index (χ0v) is 13.8. The molecule has 0 aliphatic heterocycles. The Morgan fingerprint density at radius 3 is 1.50 bits per heavy atom. The van der Waals surface area contributed by atoms with Gasteiger partial charge in [-0.3, -0.25) is 0 Å². The smallest absolute Gasteiger partial charge is 0.489 e. The first-order valence-electron chi connectivity index (χ1n) is 7.61. The van der Waals surface area contributed by atoms with E-state index in [1.165, 1.54) is 0 Å². The molecule has 0 spiro atoms. The van der Waals surface area contributed by atoms with Gasteiger partial charge >= 0.3 is 12.1 Å². The lowest BCUT2D eigenvalue weighted by molar-refractivity contribution is -0.190. The molecule has 0 aromatic rings. The Hall–Kier alpha value is -0.523. The maximum atomic E-state index is 12.5. The van der Waals surface area contributed by atoms with Gasteiger partial charge in [0.25, 0.3) is 8.32 Å². The summed E-state index contributed by atoms with van der Waals surface area (Å²) in [4.78, 5) is 11.3. The van der Waals surface area contributed by atoms with Crippen LogP contribution in [0.1, 0.15) is 59.3 Å². The molecule has 0 radical (unpaired) electrons. The topological polar surface area (TPSA) is 26.3 Å². The first-order chi connectivity index (χ1) is 9.31. The molecule has 0 bridgehead atoms. The molecule has 0 aliphatic carbocycles. The monoisotopic (exact) mass is 312 g/mol. The number of rotatable bonds is 10. The molecule has 0 aromatic carbocycles. The van der Waals surface area contributed by atoms with Crippen LogP contribution >= 0.6 is 0 Å². The predicted molar refractivity (Wildman–Crippen MR) is 77.0 cm³/mol. The highest BCUT2D eigenvalue weighted by molar-refractivity contribution is 6.75. The van der Waals surface area contributed by atoms with Crippen molar-refractivity contribution in [2.24, 2.45) is 0 Å². The number of carbonyl (C=O) groups excluding carboxylic acids is 1. The highest BCUT2D eigenvalue weighted by Gasteiger charge is 2.47. The average Bonchev–Trinajstić information content (AvgIpc) is 2.39. The van der Waals surface area contributed by atoms with Gasteiger partial charge in [-0.15, -0.1) is 0 Å². The Kier molecular flexibility index (Phi) is 9.17. The summed E-state index contributed by atoms with van der Waals surface area (Å²) in [6.07, 6.45) is 0.382. The zero-order chi connectivity index (χ0) is 15.6. The summed E-state index contributed by atoms with van der Waals surface area (Å²) in [5.41, 5.74) is 0.